The first-order chi connectivity index (χ1) is 38.1. The van der Waals surface area contributed by atoms with Crippen molar-refractivity contribution in [2.45, 2.75) is 19.8 Å². The molecule has 2 aromatic heterocycles. The second kappa shape index (κ2) is 15.9. The molecule has 0 radical (unpaired) electrons. The number of para-hydroxylation sites is 6. The van der Waals surface area contributed by atoms with Crippen molar-refractivity contribution in [2.75, 3.05) is 9.80 Å². The first-order valence-electron chi connectivity index (χ1n) is 26.8. The monoisotopic (exact) mass is 984 g/mol. The van der Waals surface area contributed by atoms with Gasteiger partial charge in [-0.25, -0.2) is 0 Å². The van der Waals surface area contributed by atoms with E-state index >= 15 is 0 Å². The number of hydrogen-bond acceptors (Lipinski definition) is 4. The zero-order valence-electron chi connectivity index (χ0n) is 42.4. The summed E-state index contributed by atoms with van der Waals surface area (Å²) < 4.78 is 19.9. The van der Waals surface area contributed by atoms with Gasteiger partial charge in [-0.3, -0.25) is 0 Å². The van der Waals surface area contributed by atoms with Crippen LogP contribution in [-0.2, 0) is 0 Å². The quantitative estimate of drug-likeness (QED) is 0.149. The zero-order valence-corrected chi connectivity index (χ0v) is 42.4. The Balaban J connectivity index is 0.938. The number of benzene rings is 11. The number of hydrogen-bond donors (Lipinski definition) is 0. The minimum absolute atomic E-state index is 0.0682. The highest BCUT2D eigenvalue weighted by Gasteiger charge is 2.47. The lowest BCUT2D eigenvalue weighted by Gasteiger charge is -2.39. The molecule has 6 heterocycles. The fraction of sp³-hybridized carbons (Fsp3) is 0.0435. The fourth-order valence-electron chi connectivity index (χ4n) is 13.9. The smallest absolute Gasteiger partial charge is 0.256 e. The number of rotatable bonds is 7. The molecule has 0 amide bonds. The second-order valence-electron chi connectivity index (χ2n) is 21.3. The number of ether oxygens (including phenoxy) is 2. The maximum absolute atomic E-state index is 7.46. The van der Waals surface area contributed by atoms with Crippen LogP contribution < -0.4 is 52.1 Å². The molecular weight excluding hydrogens is 938 g/mol. The van der Waals surface area contributed by atoms with Gasteiger partial charge >= 0.3 is 0 Å². The van der Waals surface area contributed by atoms with Crippen LogP contribution in [0.2, 0.25) is 0 Å². The van der Waals surface area contributed by atoms with Gasteiger partial charge in [0, 0.05) is 72.6 Å². The molecule has 11 aromatic carbocycles. The van der Waals surface area contributed by atoms with E-state index in [-0.39, 0.29) is 19.3 Å². The molecule has 0 unspecified atom stereocenters. The normalized spacial score (nSPS) is 13.1. The highest BCUT2D eigenvalue weighted by molar-refractivity contribution is 7.02. The van der Waals surface area contributed by atoms with Crippen molar-refractivity contribution >= 4 is 124 Å². The molecule has 4 aliphatic heterocycles. The third kappa shape index (κ3) is 5.87. The van der Waals surface area contributed by atoms with E-state index in [1.807, 2.05) is 0 Å². The number of anilines is 6. The first-order valence-corrected chi connectivity index (χ1v) is 26.8. The van der Waals surface area contributed by atoms with Crippen LogP contribution in [0.15, 0.2) is 237 Å². The Bertz CT molecular complexity index is 4260. The molecule has 0 saturated carbocycles. The molecule has 0 N–H and O–H groups in total. The van der Waals surface area contributed by atoms with Crippen molar-refractivity contribution in [3.63, 3.8) is 0 Å². The minimum atomic E-state index is -0.137. The van der Waals surface area contributed by atoms with E-state index in [0.29, 0.717) is 0 Å². The Morgan fingerprint density at radius 3 is 1.12 bits per heavy atom. The molecule has 6 nitrogen and oxygen atoms in total. The van der Waals surface area contributed by atoms with Gasteiger partial charge < -0.3 is 28.4 Å². The Kier molecular flexibility index (Phi) is 8.83. The van der Waals surface area contributed by atoms with Gasteiger partial charge in [-0.05, 0) is 148 Å². The van der Waals surface area contributed by atoms with Crippen LogP contribution in [0, 0.1) is 0 Å². The van der Waals surface area contributed by atoms with Gasteiger partial charge in [-0.15, -0.1) is 0 Å². The summed E-state index contributed by atoms with van der Waals surface area (Å²) in [4.78, 5) is 4.75. The minimum Gasteiger partial charge on any atom is -0.458 e. The summed E-state index contributed by atoms with van der Waals surface area (Å²) in [6.07, 6.45) is 0. The summed E-state index contributed by atoms with van der Waals surface area (Å²) >= 11 is 0. The largest absolute Gasteiger partial charge is 0.458 e. The number of aromatic nitrogens is 2. The highest BCUT2D eigenvalue weighted by Crippen LogP contribution is 2.47. The van der Waals surface area contributed by atoms with Gasteiger partial charge in [0.1, 0.15) is 23.0 Å². The van der Waals surface area contributed by atoms with Crippen molar-refractivity contribution in [2.24, 2.45) is 0 Å². The molecule has 4 aliphatic rings. The van der Waals surface area contributed by atoms with Gasteiger partial charge in [0.15, 0.2) is 0 Å². The third-order valence-electron chi connectivity index (χ3n) is 16.9. The maximum Gasteiger partial charge on any atom is 0.256 e. The Labute approximate surface area is 446 Å². The highest BCUT2D eigenvalue weighted by atomic mass is 16.5. The zero-order chi connectivity index (χ0) is 50.6. The molecular formula is C69H46B2N4O2. The summed E-state index contributed by atoms with van der Waals surface area (Å²) in [5.74, 6) is 3.66. The predicted octanol–water partition coefficient (Wildman–Crippen LogP) is 13.8. The maximum atomic E-state index is 7.46. The number of fused-ring (bicyclic) bond motifs is 16. The van der Waals surface area contributed by atoms with Crippen LogP contribution in [0.5, 0.6) is 23.0 Å². The molecule has 13 aromatic rings. The van der Waals surface area contributed by atoms with E-state index in [9.17, 15) is 0 Å². The van der Waals surface area contributed by atoms with Crippen molar-refractivity contribution in [1.82, 2.24) is 9.13 Å². The average molecular weight is 985 g/mol. The van der Waals surface area contributed by atoms with Crippen LogP contribution in [0.25, 0.3) is 55.0 Å². The van der Waals surface area contributed by atoms with Gasteiger partial charge in [0.25, 0.3) is 13.4 Å². The molecule has 0 aliphatic carbocycles. The fourth-order valence-corrected chi connectivity index (χ4v) is 13.9. The lowest BCUT2D eigenvalue weighted by Crippen LogP contribution is -2.62. The molecule has 0 saturated heterocycles. The molecule has 0 spiro atoms. The molecule has 0 atom stereocenters. The van der Waals surface area contributed by atoms with Crippen LogP contribution >= 0.6 is 0 Å². The van der Waals surface area contributed by atoms with E-state index in [1.165, 1.54) is 87.8 Å². The SMILES string of the molecule is CC(C)c1c2c(cc3c1Oc1ccc4c5ccccc5n5c4c1B3c1ccc(N(c3ccccc3)c3ccccc3)cc1-5)B1c3ccc(N(c4ccccc4)c4ccccc4)cc3-n3c4ccccc4c4ccc(c1c43)O2. The van der Waals surface area contributed by atoms with Crippen LogP contribution in [0.3, 0.4) is 0 Å². The molecule has 8 heteroatoms. The van der Waals surface area contributed by atoms with Crippen molar-refractivity contribution < 1.29 is 9.47 Å². The van der Waals surface area contributed by atoms with E-state index < -0.39 is 0 Å². The van der Waals surface area contributed by atoms with Gasteiger partial charge in [0.05, 0.1) is 22.1 Å². The Morgan fingerprint density at radius 1 is 0.351 bits per heavy atom. The predicted molar refractivity (Wildman–Crippen MR) is 321 cm³/mol. The van der Waals surface area contributed by atoms with Crippen molar-refractivity contribution in [1.29, 1.82) is 0 Å². The summed E-state index contributed by atoms with van der Waals surface area (Å²) in [6.45, 7) is 4.31. The van der Waals surface area contributed by atoms with Crippen molar-refractivity contribution in [3.8, 4) is 34.4 Å². The first kappa shape index (κ1) is 42.7. The van der Waals surface area contributed by atoms with Crippen LogP contribution in [0.4, 0.5) is 34.1 Å². The van der Waals surface area contributed by atoms with Gasteiger partial charge in [0.2, 0.25) is 0 Å². The molecule has 360 valence electrons. The molecule has 17 rings (SSSR count). The average Bonchev–Trinajstić information content (AvgIpc) is 4.02. The van der Waals surface area contributed by atoms with Crippen molar-refractivity contribution in [3.05, 3.63) is 242 Å². The number of nitrogens with zero attached hydrogens (tertiary/aromatic N) is 4. The molecule has 77 heavy (non-hydrogen) atoms. The van der Waals surface area contributed by atoms with E-state index in [0.717, 1.165) is 62.7 Å². The van der Waals surface area contributed by atoms with E-state index in [4.69, 9.17) is 9.47 Å². The van der Waals surface area contributed by atoms with E-state index in [2.05, 4.69) is 269 Å². The van der Waals surface area contributed by atoms with Crippen LogP contribution in [-0.4, -0.2) is 22.6 Å². The summed E-state index contributed by atoms with van der Waals surface area (Å²) in [6, 6.07) is 86.4. The summed E-state index contributed by atoms with van der Waals surface area (Å²) in [5, 5.41) is 4.90. The van der Waals surface area contributed by atoms with E-state index in [1.54, 1.807) is 0 Å². The topological polar surface area (TPSA) is 34.8 Å². The summed E-state index contributed by atoms with van der Waals surface area (Å²) in [5.41, 5.74) is 22.0. The Morgan fingerprint density at radius 2 is 0.727 bits per heavy atom. The second-order valence-corrected chi connectivity index (χ2v) is 21.3. The van der Waals surface area contributed by atoms with Gasteiger partial charge in [-0.2, -0.15) is 0 Å². The molecule has 0 fully saturated rings. The van der Waals surface area contributed by atoms with Crippen LogP contribution in [0.1, 0.15) is 25.3 Å². The lowest BCUT2D eigenvalue weighted by atomic mass is 9.31. The standard InChI is InChI=1S/C69H46B2N4O2/c1-42(2)63-68-55(70-53-35-31-47(72(43-19-7-3-8-20-43)44-21-9-4-10-22-44)39-59(53)74-57-29-17-15-27-49(57)51-33-37-61(76-68)64(70)66(51)74)41-56-69(63)77-62-38-34-52-50-28-16-18-30-58(50)75-60-40-48(32-36-54(60)71(56)65(62)67(52)75)73(45-23-11-5-12-24-45)46-25-13-6-14-26-46/h3-42H,1-2H3. The third-order valence-corrected chi connectivity index (χ3v) is 16.9. The molecule has 0 bridgehead atoms. The summed E-state index contributed by atoms with van der Waals surface area (Å²) in [7, 11) is 0. The lowest BCUT2D eigenvalue weighted by molar-refractivity contribution is 0.450. The van der Waals surface area contributed by atoms with Gasteiger partial charge in [-0.1, -0.05) is 141 Å². The Hall–Kier alpha value is -9.65.